The summed E-state index contributed by atoms with van der Waals surface area (Å²) in [7, 11) is 1.72. The molecule has 1 aromatic rings. The summed E-state index contributed by atoms with van der Waals surface area (Å²) < 4.78 is 5.30. The van der Waals surface area contributed by atoms with Crippen LogP contribution in [0, 0.1) is 6.92 Å². The first kappa shape index (κ1) is 12.8. The fourth-order valence-electron chi connectivity index (χ4n) is 2.23. The summed E-state index contributed by atoms with van der Waals surface area (Å²) in [6, 6.07) is 1.70. The molecule has 0 radical (unpaired) electrons. The van der Waals surface area contributed by atoms with Crippen LogP contribution in [-0.2, 0) is 4.74 Å². The second-order valence-corrected chi connectivity index (χ2v) is 4.63. The van der Waals surface area contributed by atoms with Crippen LogP contribution < -0.4 is 5.73 Å². The molecule has 0 bridgehead atoms. The summed E-state index contributed by atoms with van der Waals surface area (Å²) in [6.07, 6.45) is 3.62. The van der Waals surface area contributed by atoms with E-state index >= 15 is 0 Å². The number of ether oxygens (including phenoxy) is 1. The maximum absolute atomic E-state index is 12.4. The van der Waals surface area contributed by atoms with Crippen molar-refractivity contribution in [2.24, 2.45) is 0 Å². The van der Waals surface area contributed by atoms with Gasteiger partial charge in [-0.1, -0.05) is 0 Å². The smallest absolute Gasteiger partial charge is 0.255 e. The number of amides is 1. The van der Waals surface area contributed by atoms with Crippen LogP contribution in [0.4, 0.5) is 5.69 Å². The molecule has 0 spiro atoms. The van der Waals surface area contributed by atoms with E-state index in [1.165, 1.54) is 0 Å². The van der Waals surface area contributed by atoms with Crippen LogP contribution in [0.1, 0.15) is 28.9 Å². The van der Waals surface area contributed by atoms with Gasteiger partial charge in [-0.15, -0.1) is 0 Å². The molecule has 1 fully saturated rings. The number of likely N-dealkylation sites (tertiary alicyclic amines) is 1. The zero-order valence-electron chi connectivity index (χ0n) is 10.8. The Balaban J connectivity index is 2.10. The molecule has 2 rings (SSSR count). The van der Waals surface area contributed by atoms with E-state index in [0.29, 0.717) is 11.3 Å². The van der Waals surface area contributed by atoms with Crippen LogP contribution in [-0.4, -0.2) is 42.1 Å². The van der Waals surface area contributed by atoms with Crippen LogP contribution >= 0.6 is 0 Å². The zero-order valence-corrected chi connectivity index (χ0v) is 10.8. The molecule has 5 heteroatoms. The van der Waals surface area contributed by atoms with Crippen molar-refractivity contribution in [1.29, 1.82) is 0 Å². The van der Waals surface area contributed by atoms with Gasteiger partial charge in [0.15, 0.2) is 0 Å². The fraction of sp³-hybridized carbons (Fsp3) is 0.538. The van der Waals surface area contributed by atoms with Crippen molar-refractivity contribution in [3.8, 4) is 0 Å². The van der Waals surface area contributed by atoms with Gasteiger partial charge in [-0.2, -0.15) is 0 Å². The number of nitrogen functional groups attached to an aromatic ring is 1. The molecule has 0 saturated carbocycles. The summed E-state index contributed by atoms with van der Waals surface area (Å²) in [4.78, 5) is 18.3. The first-order valence-corrected chi connectivity index (χ1v) is 6.16. The summed E-state index contributed by atoms with van der Waals surface area (Å²) in [5.41, 5.74) is 7.54. The molecule has 98 valence electrons. The van der Waals surface area contributed by atoms with Crippen molar-refractivity contribution >= 4 is 11.6 Å². The van der Waals surface area contributed by atoms with Crippen LogP contribution in [0.5, 0.6) is 0 Å². The molecule has 1 aliphatic rings. The number of methoxy groups -OCH3 is 1. The third-order valence-electron chi connectivity index (χ3n) is 3.40. The second-order valence-electron chi connectivity index (χ2n) is 4.63. The van der Waals surface area contributed by atoms with Crippen LogP contribution in [0.2, 0.25) is 0 Å². The van der Waals surface area contributed by atoms with Gasteiger partial charge in [-0.25, -0.2) is 0 Å². The van der Waals surface area contributed by atoms with Crippen molar-refractivity contribution in [2.45, 2.75) is 25.9 Å². The minimum Gasteiger partial charge on any atom is -0.397 e. The Morgan fingerprint density at radius 2 is 2.17 bits per heavy atom. The highest BCUT2D eigenvalue weighted by Gasteiger charge is 2.24. The molecule has 1 aliphatic heterocycles. The Labute approximate surface area is 107 Å². The first-order chi connectivity index (χ1) is 8.61. The number of rotatable bonds is 2. The molecule has 0 aliphatic carbocycles. The van der Waals surface area contributed by atoms with Gasteiger partial charge in [0.25, 0.3) is 5.91 Å². The van der Waals surface area contributed by atoms with Gasteiger partial charge in [-0.05, 0) is 25.8 Å². The van der Waals surface area contributed by atoms with Crippen molar-refractivity contribution in [3.63, 3.8) is 0 Å². The van der Waals surface area contributed by atoms with E-state index < -0.39 is 0 Å². The number of aryl methyl sites for hydroxylation is 1. The van der Waals surface area contributed by atoms with Crippen molar-refractivity contribution < 1.29 is 9.53 Å². The number of hydrogen-bond acceptors (Lipinski definition) is 4. The number of anilines is 1. The van der Waals surface area contributed by atoms with Crippen LogP contribution in [0.25, 0.3) is 0 Å². The molecule has 1 saturated heterocycles. The third-order valence-corrected chi connectivity index (χ3v) is 3.40. The molecule has 1 aromatic heterocycles. The maximum Gasteiger partial charge on any atom is 0.255 e. The van der Waals surface area contributed by atoms with Gasteiger partial charge >= 0.3 is 0 Å². The molecule has 0 unspecified atom stereocenters. The van der Waals surface area contributed by atoms with E-state index in [1.807, 2.05) is 11.8 Å². The lowest BCUT2D eigenvalue weighted by atomic mass is 10.1. The van der Waals surface area contributed by atoms with Gasteiger partial charge in [0.2, 0.25) is 0 Å². The summed E-state index contributed by atoms with van der Waals surface area (Å²) in [5.74, 6) is 0.0156. The van der Waals surface area contributed by atoms with E-state index in [-0.39, 0.29) is 12.0 Å². The predicted molar refractivity (Wildman–Crippen MR) is 69.3 cm³/mol. The Morgan fingerprint density at radius 3 is 2.78 bits per heavy atom. The van der Waals surface area contributed by atoms with Gasteiger partial charge < -0.3 is 15.4 Å². The molecule has 18 heavy (non-hydrogen) atoms. The summed E-state index contributed by atoms with van der Waals surface area (Å²) in [5, 5.41) is 0. The van der Waals surface area contributed by atoms with Crippen molar-refractivity contribution in [3.05, 3.63) is 23.5 Å². The lowest BCUT2D eigenvalue weighted by Gasteiger charge is -2.31. The lowest BCUT2D eigenvalue weighted by Crippen LogP contribution is -2.40. The molecule has 5 nitrogen and oxygen atoms in total. The zero-order chi connectivity index (χ0) is 13.1. The average molecular weight is 249 g/mol. The highest BCUT2D eigenvalue weighted by atomic mass is 16.5. The van der Waals surface area contributed by atoms with Crippen LogP contribution in [0.15, 0.2) is 12.3 Å². The molecular weight excluding hydrogens is 230 g/mol. The molecule has 1 amide bonds. The lowest BCUT2D eigenvalue weighted by molar-refractivity contribution is 0.0350. The summed E-state index contributed by atoms with van der Waals surface area (Å²) in [6.45, 7) is 3.28. The Morgan fingerprint density at radius 1 is 1.50 bits per heavy atom. The number of carbonyl (C=O) groups is 1. The fourth-order valence-corrected chi connectivity index (χ4v) is 2.23. The van der Waals surface area contributed by atoms with Gasteiger partial charge in [0.05, 0.1) is 29.2 Å². The normalized spacial score (nSPS) is 16.9. The number of carbonyl (C=O) groups excluding carboxylic acids is 1. The van der Waals surface area contributed by atoms with E-state index in [4.69, 9.17) is 10.5 Å². The largest absolute Gasteiger partial charge is 0.397 e. The summed E-state index contributed by atoms with van der Waals surface area (Å²) >= 11 is 0. The Hall–Kier alpha value is -1.62. The monoisotopic (exact) mass is 249 g/mol. The number of piperidine rings is 1. The van der Waals surface area contributed by atoms with Gasteiger partial charge in [0, 0.05) is 20.2 Å². The second kappa shape index (κ2) is 5.35. The molecule has 0 atom stereocenters. The Bertz CT molecular complexity index is 440. The minimum atomic E-state index is 0.0156. The SMILES string of the molecule is COC1CCN(C(=O)c2cc(N)cnc2C)CC1. The van der Waals surface area contributed by atoms with Gasteiger partial charge in [-0.3, -0.25) is 9.78 Å². The van der Waals surface area contributed by atoms with E-state index in [2.05, 4.69) is 4.98 Å². The highest BCUT2D eigenvalue weighted by molar-refractivity contribution is 5.96. The van der Waals surface area contributed by atoms with E-state index in [0.717, 1.165) is 31.6 Å². The topological polar surface area (TPSA) is 68.5 Å². The average Bonchev–Trinajstić information content (AvgIpc) is 2.41. The maximum atomic E-state index is 12.4. The quantitative estimate of drug-likeness (QED) is 0.855. The van der Waals surface area contributed by atoms with Crippen molar-refractivity contribution in [1.82, 2.24) is 9.88 Å². The minimum absolute atomic E-state index is 0.0156. The number of nitrogens with two attached hydrogens (primary N) is 1. The van der Waals surface area contributed by atoms with Crippen molar-refractivity contribution in [2.75, 3.05) is 25.9 Å². The number of hydrogen-bond donors (Lipinski definition) is 1. The Kier molecular flexibility index (Phi) is 3.81. The third kappa shape index (κ3) is 2.61. The van der Waals surface area contributed by atoms with Crippen LogP contribution in [0.3, 0.4) is 0 Å². The first-order valence-electron chi connectivity index (χ1n) is 6.16. The van der Waals surface area contributed by atoms with Gasteiger partial charge in [0.1, 0.15) is 0 Å². The molecule has 0 aromatic carbocycles. The predicted octanol–water partition coefficient (Wildman–Crippen LogP) is 1.22. The molecular formula is C13H19N3O2. The molecule has 2 heterocycles. The van der Waals surface area contributed by atoms with E-state index in [1.54, 1.807) is 19.4 Å². The number of pyridine rings is 1. The highest BCUT2D eigenvalue weighted by Crippen LogP contribution is 2.18. The number of aromatic nitrogens is 1. The van der Waals surface area contributed by atoms with E-state index in [9.17, 15) is 4.79 Å². The molecule has 2 N–H and O–H groups in total. The standard InChI is InChI=1S/C13H19N3O2/c1-9-12(7-10(14)8-15-9)13(17)16-5-3-11(18-2)4-6-16/h7-8,11H,3-6,14H2,1-2H3. The number of nitrogens with zero attached hydrogens (tertiary/aromatic N) is 2.